The van der Waals surface area contributed by atoms with Gasteiger partial charge in [-0.1, -0.05) is 6.92 Å². The van der Waals surface area contributed by atoms with Gasteiger partial charge in [0, 0.05) is 17.7 Å². The van der Waals surface area contributed by atoms with E-state index in [2.05, 4.69) is 5.32 Å². The SMILES string of the molecule is CCc1ccc(C(=O)Nc2ccc(C(C)=O)cc2)o1. The highest BCUT2D eigenvalue weighted by molar-refractivity contribution is 6.02. The number of carbonyl (C=O) groups is 2. The Morgan fingerprint density at radius 1 is 1.11 bits per heavy atom. The van der Waals surface area contributed by atoms with Crippen molar-refractivity contribution in [2.45, 2.75) is 20.3 Å². The predicted molar refractivity (Wildman–Crippen MR) is 72.5 cm³/mol. The first-order chi connectivity index (χ1) is 9.10. The molecule has 0 aliphatic rings. The zero-order valence-electron chi connectivity index (χ0n) is 10.9. The van der Waals surface area contributed by atoms with Gasteiger partial charge in [0.05, 0.1) is 0 Å². The Labute approximate surface area is 111 Å². The first-order valence-corrected chi connectivity index (χ1v) is 6.11. The van der Waals surface area contributed by atoms with Crippen LogP contribution in [0.2, 0.25) is 0 Å². The second-order valence-electron chi connectivity index (χ2n) is 4.21. The Morgan fingerprint density at radius 2 is 1.79 bits per heavy atom. The van der Waals surface area contributed by atoms with Crippen molar-refractivity contribution in [2.75, 3.05) is 5.32 Å². The lowest BCUT2D eigenvalue weighted by atomic mass is 10.1. The van der Waals surface area contributed by atoms with Gasteiger partial charge in [0.1, 0.15) is 5.76 Å². The van der Waals surface area contributed by atoms with E-state index in [1.165, 1.54) is 6.92 Å². The molecule has 4 nitrogen and oxygen atoms in total. The number of carbonyl (C=O) groups excluding carboxylic acids is 2. The maximum Gasteiger partial charge on any atom is 0.291 e. The molecule has 0 aliphatic heterocycles. The molecule has 2 rings (SSSR count). The fourth-order valence-corrected chi connectivity index (χ4v) is 1.67. The molecule has 1 N–H and O–H groups in total. The number of nitrogens with one attached hydrogen (secondary N) is 1. The van der Waals surface area contributed by atoms with Crippen molar-refractivity contribution in [2.24, 2.45) is 0 Å². The number of benzene rings is 1. The quantitative estimate of drug-likeness (QED) is 0.855. The number of aryl methyl sites for hydroxylation is 1. The maximum absolute atomic E-state index is 11.9. The van der Waals surface area contributed by atoms with Crippen LogP contribution in [0.1, 0.15) is 40.5 Å². The van der Waals surface area contributed by atoms with Crippen LogP contribution in [-0.4, -0.2) is 11.7 Å². The van der Waals surface area contributed by atoms with Crippen LogP contribution in [0.4, 0.5) is 5.69 Å². The first kappa shape index (κ1) is 13.1. The maximum atomic E-state index is 11.9. The van der Waals surface area contributed by atoms with Crippen LogP contribution in [0.5, 0.6) is 0 Å². The second kappa shape index (κ2) is 5.52. The summed E-state index contributed by atoms with van der Waals surface area (Å²) in [6.07, 6.45) is 0.751. The summed E-state index contributed by atoms with van der Waals surface area (Å²) in [6, 6.07) is 10.2. The molecule has 19 heavy (non-hydrogen) atoms. The fraction of sp³-hybridized carbons (Fsp3) is 0.200. The van der Waals surface area contributed by atoms with E-state index in [1.54, 1.807) is 36.4 Å². The van der Waals surface area contributed by atoms with Gasteiger partial charge >= 0.3 is 0 Å². The summed E-state index contributed by atoms with van der Waals surface area (Å²) < 4.78 is 5.36. The van der Waals surface area contributed by atoms with E-state index in [9.17, 15) is 9.59 Å². The van der Waals surface area contributed by atoms with Crippen molar-refractivity contribution < 1.29 is 14.0 Å². The van der Waals surface area contributed by atoms with Crippen LogP contribution >= 0.6 is 0 Å². The van der Waals surface area contributed by atoms with Crippen LogP contribution in [0.15, 0.2) is 40.8 Å². The smallest absolute Gasteiger partial charge is 0.291 e. The summed E-state index contributed by atoms with van der Waals surface area (Å²) in [5.74, 6) is 0.761. The molecule has 1 heterocycles. The number of rotatable bonds is 4. The van der Waals surface area contributed by atoms with Gasteiger partial charge in [-0.3, -0.25) is 9.59 Å². The van der Waals surface area contributed by atoms with E-state index < -0.39 is 0 Å². The molecule has 4 heteroatoms. The van der Waals surface area contributed by atoms with E-state index in [0.29, 0.717) is 11.3 Å². The van der Waals surface area contributed by atoms with Gasteiger partial charge in [-0.25, -0.2) is 0 Å². The number of amides is 1. The fourth-order valence-electron chi connectivity index (χ4n) is 1.67. The standard InChI is InChI=1S/C15H15NO3/c1-3-13-8-9-14(19-13)15(18)16-12-6-4-11(5-7-12)10(2)17/h4-9H,3H2,1-2H3,(H,16,18). The van der Waals surface area contributed by atoms with Crippen LogP contribution in [0.3, 0.4) is 0 Å². The Kier molecular flexibility index (Phi) is 3.80. The Morgan fingerprint density at radius 3 is 2.32 bits per heavy atom. The number of ketones is 1. The molecule has 1 aromatic carbocycles. The highest BCUT2D eigenvalue weighted by atomic mass is 16.3. The highest BCUT2D eigenvalue weighted by Crippen LogP contribution is 2.14. The van der Waals surface area contributed by atoms with Gasteiger partial charge in [0.15, 0.2) is 11.5 Å². The van der Waals surface area contributed by atoms with E-state index in [1.807, 2.05) is 6.92 Å². The van der Waals surface area contributed by atoms with Crippen LogP contribution in [0.25, 0.3) is 0 Å². The lowest BCUT2D eigenvalue weighted by Crippen LogP contribution is -2.10. The number of hydrogen-bond donors (Lipinski definition) is 1. The molecule has 0 unspecified atom stereocenters. The van der Waals surface area contributed by atoms with Crippen molar-refractivity contribution in [1.82, 2.24) is 0 Å². The monoisotopic (exact) mass is 257 g/mol. The molecule has 0 fully saturated rings. The molecule has 98 valence electrons. The molecule has 0 bridgehead atoms. The van der Waals surface area contributed by atoms with Gasteiger partial charge in [-0.05, 0) is 43.3 Å². The van der Waals surface area contributed by atoms with Crippen LogP contribution in [0, 0.1) is 0 Å². The summed E-state index contributed by atoms with van der Waals surface area (Å²) in [5, 5.41) is 2.72. The van der Waals surface area contributed by atoms with Crippen LogP contribution in [-0.2, 0) is 6.42 Å². The van der Waals surface area contributed by atoms with E-state index in [0.717, 1.165) is 12.2 Å². The summed E-state index contributed by atoms with van der Waals surface area (Å²) >= 11 is 0. The third-order valence-corrected chi connectivity index (χ3v) is 2.78. The molecule has 2 aromatic rings. The predicted octanol–water partition coefficient (Wildman–Crippen LogP) is 3.30. The normalized spacial score (nSPS) is 10.2. The number of Topliss-reactive ketones (excluding diaryl/α,β-unsaturated/α-hetero) is 1. The van der Waals surface area contributed by atoms with Crippen molar-refractivity contribution in [3.63, 3.8) is 0 Å². The summed E-state index contributed by atoms with van der Waals surface area (Å²) in [7, 11) is 0. The average Bonchev–Trinajstić information content (AvgIpc) is 2.88. The minimum Gasteiger partial charge on any atom is -0.456 e. The summed E-state index contributed by atoms with van der Waals surface area (Å²) in [5.41, 5.74) is 1.24. The summed E-state index contributed by atoms with van der Waals surface area (Å²) in [6.45, 7) is 3.46. The van der Waals surface area contributed by atoms with E-state index in [4.69, 9.17) is 4.42 Å². The largest absolute Gasteiger partial charge is 0.456 e. The Hall–Kier alpha value is -2.36. The third-order valence-electron chi connectivity index (χ3n) is 2.78. The van der Waals surface area contributed by atoms with E-state index >= 15 is 0 Å². The Balaban J connectivity index is 2.08. The van der Waals surface area contributed by atoms with Crippen molar-refractivity contribution >= 4 is 17.4 Å². The molecule has 1 aromatic heterocycles. The second-order valence-corrected chi connectivity index (χ2v) is 4.21. The van der Waals surface area contributed by atoms with Gasteiger partial charge in [-0.15, -0.1) is 0 Å². The average molecular weight is 257 g/mol. The van der Waals surface area contributed by atoms with Crippen molar-refractivity contribution in [3.05, 3.63) is 53.5 Å². The Bertz CT molecular complexity index is 596. The topological polar surface area (TPSA) is 59.3 Å². The first-order valence-electron chi connectivity index (χ1n) is 6.11. The van der Waals surface area contributed by atoms with Crippen molar-refractivity contribution in [1.29, 1.82) is 0 Å². The molecule has 0 saturated heterocycles. The van der Waals surface area contributed by atoms with Gasteiger partial charge in [0.25, 0.3) is 5.91 Å². The van der Waals surface area contributed by atoms with Gasteiger partial charge in [0.2, 0.25) is 0 Å². The molecule has 0 spiro atoms. The highest BCUT2D eigenvalue weighted by Gasteiger charge is 2.11. The third kappa shape index (κ3) is 3.10. The zero-order valence-corrected chi connectivity index (χ0v) is 10.9. The molecule has 0 saturated carbocycles. The molecular weight excluding hydrogens is 242 g/mol. The number of furan rings is 1. The summed E-state index contributed by atoms with van der Waals surface area (Å²) in [4.78, 5) is 23.0. The van der Waals surface area contributed by atoms with Gasteiger partial charge < -0.3 is 9.73 Å². The van der Waals surface area contributed by atoms with E-state index in [-0.39, 0.29) is 17.5 Å². The van der Waals surface area contributed by atoms with Crippen LogP contribution < -0.4 is 5.32 Å². The lowest BCUT2D eigenvalue weighted by molar-refractivity contribution is 0.0993. The number of hydrogen-bond acceptors (Lipinski definition) is 3. The molecule has 0 aliphatic carbocycles. The molecule has 0 atom stereocenters. The molecule has 1 amide bonds. The number of anilines is 1. The minimum absolute atomic E-state index is 0.00324. The molecular formula is C15H15NO3. The minimum atomic E-state index is -0.296. The molecule has 0 radical (unpaired) electrons. The van der Waals surface area contributed by atoms with Gasteiger partial charge in [-0.2, -0.15) is 0 Å². The van der Waals surface area contributed by atoms with Crippen molar-refractivity contribution in [3.8, 4) is 0 Å². The zero-order chi connectivity index (χ0) is 13.8. The lowest BCUT2D eigenvalue weighted by Gasteiger charge is -2.03.